The highest BCUT2D eigenvalue weighted by atomic mass is 35.5. The highest BCUT2D eigenvalue weighted by Gasteiger charge is 2.30. The zero-order valence-electron chi connectivity index (χ0n) is 13.4. The van der Waals surface area contributed by atoms with Crippen LogP contribution in [-0.2, 0) is 11.2 Å². The summed E-state index contributed by atoms with van der Waals surface area (Å²) in [6.07, 6.45) is 5.29. The molecule has 1 N–H and O–H groups in total. The van der Waals surface area contributed by atoms with Gasteiger partial charge in [0.2, 0.25) is 5.91 Å². The second-order valence-electron chi connectivity index (χ2n) is 6.40. The van der Waals surface area contributed by atoms with Crippen LogP contribution in [0, 0.1) is 19.8 Å². The first-order valence-electron chi connectivity index (χ1n) is 8.08. The molecular formula is C16H26ClN3O2. The monoisotopic (exact) mass is 327 g/mol. The van der Waals surface area contributed by atoms with Crippen molar-refractivity contribution in [2.24, 2.45) is 5.92 Å². The summed E-state index contributed by atoms with van der Waals surface area (Å²) in [6, 6.07) is 0.685. The number of halogens is 1. The van der Waals surface area contributed by atoms with Crippen LogP contribution in [-0.4, -0.2) is 41.6 Å². The molecule has 1 unspecified atom stereocenters. The summed E-state index contributed by atoms with van der Waals surface area (Å²) in [7, 11) is 0. The van der Waals surface area contributed by atoms with E-state index in [0.29, 0.717) is 12.5 Å². The van der Waals surface area contributed by atoms with E-state index in [4.69, 9.17) is 4.52 Å². The van der Waals surface area contributed by atoms with Gasteiger partial charge in [-0.2, -0.15) is 0 Å². The lowest BCUT2D eigenvalue weighted by Crippen LogP contribution is -2.43. The maximum atomic E-state index is 12.4. The molecule has 2 saturated heterocycles. The molecule has 0 radical (unpaired) electrons. The fraction of sp³-hybridized carbons (Fsp3) is 0.750. The molecule has 3 rings (SSSR count). The van der Waals surface area contributed by atoms with Crippen LogP contribution in [0.3, 0.4) is 0 Å². The normalized spacial score (nSPS) is 22.6. The summed E-state index contributed by atoms with van der Waals surface area (Å²) in [4.78, 5) is 14.4. The summed E-state index contributed by atoms with van der Waals surface area (Å²) in [6.45, 7) is 6.73. The average molecular weight is 328 g/mol. The number of rotatable bonds is 3. The largest absolute Gasteiger partial charge is 0.361 e. The number of likely N-dealkylation sites (tertiary alicyclic amines) is 1. The van der Waals surface area contributed by atoms with Crippen molar-refractivity contribution in [2.45, 2.75) is 52.0 Å². The van der Waals surface area contributed by atoms with Crippen LogP contribution < -0.4 is 5.32 Å². The number of carbonyl (C=O) groups is 1. The van der Waals surface area contributed by atoms with Crippen LogP contribution >= 0.6 is 12.4 Å². The van der Waals surface area contributed by atoms with Gasteiger partial charge in [-0.15, -0.1) is 12.4 Å². The van der Waals surface area contributed by atoms with E-state index in [1.165, 1.54) is 12.8 Å². The molecule has 2 aliphatic heterocycles. The molecule has 0 spiro atoms. The van der Waals surface area contributed by atoms with Crippen LogP contribution in [0.25, 0.3) is 0 Å². The van der Waals surface area contributed by atoms with Gasteiger partial charge in [0, 0.05) is 24.7 Å². The molecule has 0 aromatic carbocycles. The number of hydrogen-bond acceptors (Lipinski definition) is 4. The second-order valence-corrected chi connectivity index (χ2v) is 6.40. The minimum Gasteiger partial charge on any atom is -0.361 e. The Morgan fingerprint density at radius 3 is 2.59 bits per heavy atom. The van der Waals surface area contributed by atoms with E-state index in [2.05, 4.69) is 10.5 Å². The Morgan fingerprint density at radius 1 is 1.32 bits per heavy atom. The smallest absolute Gasteiger partial charge is 0.227 e. The predicted molar refractivity (Wildman–Crippen MR) is 87.3 cm³/mol. The van der Waals surface area contributed by atoms with Crippen molar-refractivity contribution in [2.75, 3.05) is 19.6 Å². The fourth-order valence-electron chi connectivity index (χ4n) is 3.68. The SMILES string of the molecule is Cc1noc(C)c1CC(=O)N1CCC(C2CCCN2)CC1.Cl. The van der Waals surface area contributed by atoms with Crippen LogP contribution in [0.2, 0.25) is 0 Å². The molecule has 3 heterocycles. The van der Waals surface area contributed by atoms with Crippen molar-refractivity contribution in [3.8, 4) is 0 Å². The number of amides is 1. The summed E-state index contributed by atoms with van der Waals surface area (Å²) < 4.78 is 5.14. The molecule has 124 valence electrons. The Morgan fingerprint density at radius 2 is 2.05 bits per heavy atom. The van der Waals surface area contributed by atoms with E-state index in [-0.39, 0.29) is 18.3 Å². The van der Waals surface area contributed by atoms with Crippen molar-refractivity contribution in [3.05, 3.63) is 17.0 Å². The molecule has 6 heteroatoms. The first-order valence-corrected chi connectivity index (χ1v) is 8.08. The molecule has 0 saturated carbocycles. The Balaban J connectivity index is 0.00000176. The van der Waals surface area contributed by atoms with E-state index in [1.54, 1.807) is 0 Å². The van der Waals surface area contributed by atoms with Gasteiger partial charge in [-0.25, -0.2) is 0 Å². The third kappa shape index (κ3) is 3.63. The third-order valence-corrected chi connectivity index (χ3v) is 5.07. The van der Waals surface area contributed by atoms with Gasteiger partial charge in [0.15, 0.2) is 0 Å². The molecule has 1 amide bonds. The standard InChI is InChI=1S/C16H25N3O2.ClH/c1-11-14(12(2)21-18-11)10-16(20)19-8-5-13(6-9-19)15-4-3-7-17-15;/h13,15,17H,3-10H2,1-2H3;1H. The molecule has 5 nitrogen and oxygen atoms in total. The maximum Gasteiger partial charge on any atom is 0.227 e. The summed E-state index contributed by atoms with van der Waals surface area (Å²) >= 11 is 0. The predicted octanol–water partition coefficient (Wildman–Crippen LogP) is 2.25. The molecule has 1 aromatic rings. The van der Waals surface area contributed by atoms with E-state index < -0.39 is 0 Å². The molecule has 22 heavy (non-hydrogen) atoms. The number of aromatic nitrogens is 1. The number of nitrogens with zero attached hydrogens (tertiary/aromatic N) is 2. The van der Waals surface area contributed by atoms with Crippen molar-refractivity contribution in [1.82, 2.24) is 15.4 Å². The Labute approximate surface area is 138 Å². The van der Waals surface area contributed by atoms with Crippen molar-refractivity contribution in [3.63, 3.8) is 0 Å². The highest BCUT2D eigenvalue weighted by molar-refractivity contribution is 5.85. The fourth-order valence-corrected chi connectivity index (χ4v) is 3.68. The van der Waals surface area contributed by atoms with Gasteiger partial charge in [-0.1, -0.05) is 5.16 Å². The van der Waals surface area contributed by atoms with Gasteiger partial charge in [0.1, 0.15) is 5.76 Å². The minimum atomic E-state index is 0. The Bertz CT molecular complexity index is 484. The molecule has 1 aromatic heterocycles. The van der Waals surface area contributed by atoms with Crippen LogP contribution in [0.15, 0.2) is 4.52 Å². The number of aryl methyl sites for hydroxylation is 2. The number of hydrogen-bond donors (Lipinski definition) is 1. The van der Waals surface area contributed by atoms with Gasteiger partial charge in [-0.05, 0) is 52.0 Å². The van der Waals surface area contributed by atoms with Gasteiger partial charge in [0.05, 0.1) is 12.1 Å². The first-order chi connectivity index (χ1) is 10.1. The molecule has 0 aliphatic carbocycles. The number of piperidine rings is 1. The van der Waals surface area contributed by atoms with Gasteiger partial charge in [-0.3, -0.25) is 4.79 Å². The second kappa shape index (κ2) is 7.47. The summed E-state index contributed by atoms with van der Waals surface area (Å²) in [5, 5.41) is 7.52. The van der Waals surface area contributed by atoms with Gasteiger partial charge < -0.3 is 14.7 Å². The van der Waals surface area contributed by atoms with Crippen LogP contribution in [0.4, 0.5) is 0 Å². The Hall–Kier alpha value is -1.07. The lowest BCUT2D eigenvalue weighted by Gasteiger charge is -2.35. The Kier molecular flexibility index (Phi) is 5.87. The lowest BCUT2D eigenvalue weighted by atomic mass is 9.88. The quantitative estimate of drug-likeness (QED) is 0.925. The van der Waals surface area contributed by atoms with E-state index >= 15 is 0 Å². The molecule has 2 fully saturated rings. The first kappa shape index (κ1) is 17.3. The topological polar surface area (TPSA) is 58.4 Å². The molecule has 2 aliphatic rings. The average Bonchev–Trinajstić information content (AvgIpc) is 3.13. The lowest BCUT2D eigenvalue weighted by molar-refractivity contribution is -0.132. The van der Waals surface area contributed by atoms with E-state index in [1.807, 2.05) is 18.7 Å². The third-order valence-electron chi connectivity index (χ3n) is 5.07. The van der Waals surface area contributed by atoms with Crippen molar-refractivity contribution in [1.29, 1.82) is 0 Å². The molecule has 0 bridgehead atoms. The van der Waals surface area contributed by atoms with E-state index in [0.717, 1.165) is 55.4 Å². The van der Waals surface area contributed by atoms with Crippen molar-refractivity contribution >= 4 is 18.3 Å². The van der Waals surface area contributed by atoms with Crippen LogP contribution in [0.5, 0.6) is 0 Å². The number of carbonyl (C=O) groups excluding carboxylic acids is 1. The number of nitrogens with one attached hydrogen (secondary N) is 1. The van der Waals surface area contributed by atoms with Crippen molar-refractivity contribution < 1.29 is 9.32 Å². The maximum absolute atomic E-state index is 12.4. The van der Waals surface area contributed by atoms with Crippen LogP contribution in [0.1, 0.15) is 42.7 Å². The van der Waals surface area contributed by atoms with E-state index in [9.17, 15) is 4.79 Å². The summed E-state index contributed by atoms with van der Waals surface area (Å²) in [5.74, 6) is 1.73. The minimum absolute atomic E-state index is 0. The summed E-state index contributed by atoms with van der Waals surface area (Å²) in [5.41, 5.74) is 1.80. The highest BCUT2D eigenvalue weighted by Crippen LogP contribution is 2.26. The zero-order valence-corrected chi connectivity index (χ0v) is 14.2. The molecular weight excluding hydrogens is 302 g/mol. The van der Waals surface area contributed by atoms with Gasteiger partial charge >= 0.3 is 0 Å². The van der Waals surface area contributed by atoms with Gasteiger partial charge in [0.25, 0.3) is 0 Å². The molecule has 1 atom stereocenters. The zero-order chi connectivity index (χ0) is 14.8.